The molecule has 0 aromatic heterocycles. The van der Waals surface area contributed by atoms with E-state index in [0.717, 1.165) is 4.90 Å². The number of phenolic OH excluding ortho intramolecular Hbond substituents is 1. The molecule has 0 saturated heterocycles. The summed E-state index contributed by atoms with van der Waals surface area (Å²) >= 11 is 6.33. The number of hydrogen-bond acceptors (Lipinski definition) is 7. The van der Waals surface area contributed by atoms with Crippen LogP contribution in [-0.2, 0) is 19.1 Å². The average molecular weight is 577 g/mol. The molecule has 0 aliphatic rings. The number of aryl methyl sites for hydroxylation is 2. The summed E-state index contributed by atoms with van der Waals surface area (Å²) in [6, 6.07) is 6.94. The maximum atomic E-state index is 14.0. The summed E-state index contributed by atoms with van der Waals surface area (Å²) in [6.45, 7) is 7.39. The van der Waals surface area contributed by atoms with Crippen molar-refractivity contribution in [3.63, 3.8) is 0 Å². The highest BCUT2D eigenvalue weighted by atomic mass is 35.5. The number of aliphatic hydroxyl groups excluding tert-OH is 1. The minimum atomic E-state index is -1.47. The number of primary amides is 1. The highest BCUT2D eigenvalue weighted by Crippen LogP contribution is 2.34. The number of alkyl carbamates (subject to hydrolysis) is 1. The first-order valence-electron chi connectivity index (χ1n) is 12.7. The summed E-state index contributed by atoms with van der Waals surface area (Å²) in [4.78, 5) is 53.0. The number of carbonyl (C=O) groups is 4. The van der Waals surface area contributed by atoms with Crippen molar-refractivity contribution in [2.24, 2.45) is 5.73 Å². The van der Waals surface area contributed by atoms with Crippen molar-refractivity contribution >= 4 is 41.1 Å². The lowest BCUT2D eigenvalue weighted by atomic mass is 9.98. The number of para-hydroxylation sites is 2. The molecule has 218 valence electrons. The lowest BCUT2D eigenvalue weighted by Gasteiger charge is -2.34. The van der Waals surface area contributed by atoms with Gasteiger partial charge in [0.05, 0.1) is 17.3 Å². The number of halogens is 1. The van der Waals surface area contributed by atoms with E-state index in [2.05, 4.69) is 10.6 Å². The number of ether oxygens (including phenoxy) is 1. The van der Waals surface area contributed by atoms with Crippen LogP contribution in [0.5, 0.6) is 5.75 Å². The molecule has 12 heteroatoms. The highest BCUT2D eigenvalue weighted by molar-refractivity contribution is 6.34. The van der Waals surface area contributed by atoms with Crippen LogP contribution in [0.4, 0.5) is 10.5 Å². The molecule has 0 spiro atoms. The molecule has 2 aromatic rings. The Hall–Kier alpha value is -3.83. The number of hydrogen-bond donors (Lipinski definition) is 5. The molecular formula is C28H37ClN4O7. The molecule has 0 radical (unpaired) electrons. The molecule has 2 aromatic carbocycles. The van der Waals surface area contributed by atoms with Gasteiger partial charge in [0.15, 0.2) is 0 Å². The molecule has 6 N–H and O–H groups in total. The predicted octanol–water partition coefficient (Wildman–Crippen LogP) is 3.32. The molecule has 0 aliphatic heterocycles. The van der Waals surface area contributed by atoms with Crippen LogP contribution in [0, 0.1) is 13.8 Å². The fraction of sp³-hybridized carbons (Fsp3) is 0.429. The summed E-state index contributed by atoms with van der Waals surface area (Å²) in [5.74, 6) is -2.48. The lowest BCUT2D eigenvalue weighted by molar-refractivity contribution is -0.141. The number of nitrogens with two attached hydrogens (primary N) is 1. The van der Waals surface area contributed by atoms with Gasteiger partial charge in [-0.25, -0.2) is 4.79 Å². The number of benzene rings is 2. The summed E-state index contributed by atoms with van der Waals surface area (Å²) in [6.07, 6.45) is -1.39. The third-order valence-corrected chi connectivity index (χ3v) is 6.20. The van der Waals surface area contributed by atoms with E-state index < -0.39 is 48.1 Å². The SMILES string of the molecule is Cc1cccc(C(C(=O)Nc2c(C)cccc2Cl)N(CCO)C(=O)C(CCC(N)=O)NC(=O)OC(C)(C)C)c1O. The number of nitrogens with one attached hydrogen (secondary N) is 2. The zero-order valence-corrected chi connectivity index (χ0v) is 24.0. The Morgan fingerprint density at radius 1 is 1.07 bits per heavy atom. The lowest BCUT2D eigenvalue weighted by Crippen LogP contribution is -2.53. The van der Waals surface area contributed by atoms with Gasteiger partial charge >= 0.3 is 6.09 Å². The molecular weight excluding hydrogens is 540 g/mol. The zero-order valence-electron chi connectivity index (χ0n) is 23.3. The van der Waals surface area contributed by atoms with Gasteiger partial charge in [0.25, 0.3) is 5.91 Å². The minimum Gasteiger partial charge on any atom is -0.507 e. The molecule has 4 amide bonds. The number of amides is 4. The molecule has 40 heavy (non-hydrogen) atoms. The first kappa shape index (κ1) is 32.4. The smallest absolute Gasteiger partial charge is 0.408 e. The Kier molecular flexibility index (Phi) is 11.3. The van der Waals surface area contributed by atoms with Crippen LogP contribution in [0.1, 0.15) is 56.3 Å². The van der Waals surface area contributed by atoms with Crippen LogP contribution in [0.25, 0.3) is 0 Å². The number of nitrogens with zero attached hydrogens (tertiary/aromatic N) is 1. The van der Waals surface area contributed by atoms with E-state index in [-0.39, 0.29) is 35.7 Å². The van der Waals surface area contributed by atoms with Gasteiger partial charge in [0.2, 0.25) is 11.8 Å². The maximum Gasteiger partial charge on any atom is 0.408 e. The van der Waals surface area contributed by atoms with Crippen LogP contribution >= 0.6 is 11.6 Å². The highest BCUT2D eigenvalue weighted by Gasteiger charge is 2.38. The number of anilines is 1. The van der Waals surface area contributed by atoms with Crippen LogP contribution in [0.15, 0.2) is 36.4 Å². The fourth-order valence-electron chi connectivity index (χ4n) is 4.00. The van der Waals surface area contributed by atoms with Crippen LogP contribution < -0.4 is 16.4 Å². The molecule has 11 nitrogen and oxygen atoms in total. The Morgan fingerprint density at radius 3 is 2.27 bits per heavy atom. The van der Waals surface area contributed by atoms with E-state index in [4.69, 9.17) is 22.1 Å². The van der Waals surface area contributed by atoms with E-state index in [1.165, 1.54) is 6.07 Å². The van der Waals surface area contributed by atoms with Crippen molar-refractivity contribution < 1.29 is 34.1 Å². The van der Waals surface area contributed by atoms with Gasteiger partial charge in [-0.3, -0.25) is 14.4 Å². The molecule has 0 aliphatic carbocycles. The molecule has 2 rings (SSSR count). The summed E-state index contributed by atoms with van der Waals surface area (Å²) < 4.78 is 5.28. The molecule has 0 heterocycles. The van der Waals surface area contributed by atoms with Gasteiger partial charge in [-0.05, 0) is 58.2 Å². The topological polar surface area (TPSA) is 171 Å². The number of aromatic hydroxyl groups is 1. The van der Waals surface area contributed by atoms with Crippen molar-refractivity contribution in [2.75, 3.05) is 18.5 Å². The van der Waals surface area contributed by atoms with Crippen molar-refractivity contribution in [3.05, 3.63) is 58.1 Å². The Morgan fingerprint density at radius 2 is 1.70 bits per heavy atom. The number of aliphatic hydroxyl groups is 1. The summed E-state index contributed by atoms with van der Waals surface area (Å²) in [5.41, 5.74) is 5.90. The van der Waals surface area contributed by atoms with Crippen LogP contribution in [-0.4, -0.2) is 63.7 Å². The molecule has 0 fully saturated rings. The first-order chi connectivity index (χ1) is 18.7. The van der Waals surface area contributed by atoms with Gasteiger partial charge in [-0.2, -0.15) is 0 Å². The zero-order chi connectivity index (χ0) is 30.2. The third kappa shape index (κ3) is 8.85. The fourth-order valence-corrected chi connectivity index (χ4v) is 4.27. The average Bonchev–Trinajstić information content (AvgIpc) is 2.84. The van der Waals surface area contributed by atoms with Crippen molar-refractivity contribution in [2.45, 2.75) is 65.1 Å². The first-order valence-corrected chi connectivity index (χ1v) is 13.1. The number of phenols is 1. The van der Waals surface area contributed by atoms with Crippen LogP contribution in [0.3, 0.4) is 0 Å². The van der Waals surface area contributed by atoms with Gasteiger partial charge in [-0.1, -0.05) is 41.9 Å². The predicted molar refractivity (Wildman–Crippen MR) is 151 cm³/mol. The van der Waals surface area contributed by atoms with Gasteiger partial charge in [0, 0.05) is 18.5 Å². The maximum absolute atomic E-state index is 14.0. The van der Waals surface area contributed by atoms with E-state index >= 15 is 0 Å². The molecule has 0 bridgehead atoms. The molecule has 2 atom stereocenters. The van der Waals surface area contributed by atoms with E-state index in [1.54, 1.807) is 65.0 Å². The second-order valence-electron chi connectivity index (χ2n) is 10.3. The molecule has 2 unspecified atom stereocenters. The van der Waals surface area contributed by atoms with E-state index in [0.29, 0.717) is 16.8 Å². The minimum absolute atomic E-state index is 0.0786. The number of rotatable bonds is 11. The third-order valence-electron chi connectivity index (χ3n) is 5.89. The number of carbonyl (C=O) groups excluding carboxylic acids is 4. The quantitative estimate of drug-likeness (QED) is 0.273. The van der Waals surface area contributed by atoms with E-state index in [9.17, 15) is 29.4 Å². The second kappa shape index (κ2) is 14.0. The van der Waals surface area contributed by atoms with E-state index in [1.807, 2.05) is 0 Å². The Balaban J connectivity index is 2.61. The van der Waals surface area contributed by atoms with Gasteiger partial charge in [0.1, 0.15) is 23.4 Å². The monoisotopic (exact) mass is 576 g/mol. The second-order valence-corrected chi connectivity index (χ2v) is 10.7. The normalized spacial score (nSPS) is 12.7. The van der Waals surface area contributed by atoms with Crippen molar-refractivity contribution in [3.8, 4) is 5.75 Å². The largest absolute Gasteiger partial charge is 0.507 e. The summed E-state index contributed by atoms with van der Waals surface area (Å²) in [7, 11) is 0. The standard InChI is InChI=1S/C28H37ClN4O7/c1-16-8-7-11-19(29)22(16)32-25(37)23(18-10-6-9-17(2)24(18)36)33(14-15-34)26(38)20(12-13-21(30)35)31-27(39)40-28(3,4)5/h6-11,20,23,34,36H,12-15H2,1-5H3,(H2,30,35)(H,31,39)(H,32,37). The van der Waals surface area contributed by atoms with Gasteiger partial charge in [-0.15, -0.1) is 0 Å². The molecule has 0 saturated carbocycles. The van der Waals surface area contributed by atoms with Crippen LogP contribution in [0.2, 0.25) is 5.02 Å². The Labute approximate surface area is 238 Å². The Bertz CT molecular complexity index is 1230. The van der Waals surface area contributed by atoms with Gasteiger partial charge < -0.3 is 36.2 Å². The summed E-state index contributed by atoms with van der Waals surface area (Å²) in [5, 5.41) is 26.3. The van der Waals surface area contributed by atoms with Crippen molar-refractivity contribution in [1.82, 2.24) is 10.2 Å². The van der Waals surface area contributed by atoms with Crippen molar-refractivity contribution in [1.29, 1.82) is 0 Å².